The number of allylic oxidation sites excluding steroid dienone is 1. The minimum absolute atomic E-state index is 0.113. The van der Waals surface area contributed by atoms with Crippen LogP contribution in [0.2, 0.25) is 0 Å². The molecule has 0 unspecified atom stereocenters. The van der Waals surface area contributed by atoms with Crippen LogP contribution in [0, 0.1) is 17.3 Å². The van der Waals surface area contributed by atoms with E-state index in [9.17, 15) is 0 Å². The first kappa shape index (κ1) is 10.5. The second-order valence-corrected chi connectivity index (χ2v) is 3.71. The maximum Gasteiger partial charge on any atom is 0.0959 e. The Morgan fingerprint density at radius 2 is 2.00 bits per heavy atom. The number of hydrogen-bond donors (Lipinski definition) is 0. The zero-order chi connectivity index (χ0) is 10.6. The van der Waals surface area contributed by atoms with E-state index in [1.807, 2.05) is 26.3 Å². The van der Waals surface area contributed by atoms with Crippen LogP contribution >= 0.6 is 0 Å². The molecule has 0 radical (unpaired) electrons. The molecule has 0 saturated heterocycles. The van der Waals surface area contributed by atoms with Crippen molar-refractivity contribution in [2.45, 2.75) is 20.8 Å². The Morgan fingerprint density at radius 1 is 1.36 bits per heavy atom. The van der Waals surface area contributed by atoms with Crippen LogP contribution in [0.15, 0.2) is 34.0 Å². The van der Waals surface area contributed by atoms with Gasteiger partial charge in [-0.05, 0) is 20.8 Å². The lowest BCUT2D eigenvalue weighted by Crippen LogP contribution is -2.13. The number of aliphatic imine (C=N–C) groups is 2. The fourth-order valence-corrected chi connectivity index (χ4v) is 0.915. The quantitative estimate of drug-likeness (QED) is 0.519. The largest absolute Gasteiger partial charge is 0.259 e. The summed E-state index contributed by atoms with van der Waals surface area (Å²) in [4.78, 5) is 8.53. The third-order valence-corrected chi connectivity index (χ3v) is 1.74. The van der Waals surface area contributed by atoms with Crippen LogP contribution < -0.4 is 0 Å². The van der Waals surface area contributed by atoms with E-state index in [0.717, 1.165) is 5.70 Å². The van der Waals surface area contributed by atoms with Gasteiger partial charge in [0.2, 0.25) is 0 Å². The van der Waals surface area contributed by atoms with E-state index in [4.69, 9.17) is 0 Å². The van der Waals surface area contributed by atoms with E-state index in [2.05, 4.69) is 28.4 Å². The molecule has 0 fully saturated rings. The van der Waals surface area contributed by atoms with Crippen LogP contribution in [-0.2, 0) is 0 Å². The van der Waals surface area contributed by atoms with Gasteiger partial charge < -0.3 is 0 Å². The maximum absolute atomic E-state index is 4.30. The minimum atomic E-state index is -0.113. The first-order valence-electron chi connectivity index (χ1n) is 4.47. The highest BCUT2D eigenvalue weighted by atomic mass is 14.9. The van der Waals surface area contributed by atoms with E-state index in [1.165, 1.54) is 0 Å². The predicted octanol–water partition coefficient (Wildman–Crippen LogP) is 2.59. The van der Waals surface area contributed by atoms with Crippen molar-refractivity contribution in [2.75, 3.05) is 0 Å². The van der Waals surface area contributed by atoms with Crippen LogP contribution in [0.4, 0.5) is 0 Å². The summed E-state index contributed by atoms with van der Waals surface area (Å²) >= 11 is 0. The molecule has 0 aliphatic carbocycles. The van der Waals surface area contributed by atoms with E-state index < -0.39 is 0 Å². The third kappa shape index (κ3) is 2.70. The van der Waals surface area contributed by atoms with Gasteiger partial charge in [-0.1, -0.05) is 12.5 Å². The summed E-state index contributed by atoms with van der Waals surface area (Å²) in [6, 6.07) is 0. The monoisotopic (exact) mass is 186 g/mol. The first-order chi connectivity index (χ1) is 6.55. The Hall–Kier alpha value is -1.62. The first-order valence-corrected chi connectivity index (χ1v) is 4.47. The third-order valence-electron chi connectivity index (χ3n) is 1.74. The second-order valence-electron chi connectivity index (χ2n) is 3.71. The molecule has 1 rings (SSSR count). The van der Waals surface area contributed by atoms with Crippen molar-refractivity contribution in [1.29, 1.82) is 0 Å². The lowest BCUT2D eigenvalue weighted by Gasteiger charge is -2.08. The molecule has 72 valence electrons. The van der Waals surface area contributed by atoms with E-state index in [1.54, 1.807) is 13.0 Å². The highest BCUT2D eigenvalue weighted by molar-refractivity contribution is 5.90. The molecule has 14 heavy (non-hydrogen) atoms. The van der Waals surface area contributed by atoms with Gasteiger partial charge in [-0.15, -0.1) is 5.92 Å². The molecule has 0 amide bonds. The van der Waals surface area contributed by atoms with Crippen molar-refractivity contribution in [3.8, 4) is 11.8 Å². The summed E-state index contributed by atoms with van der Waals surface area (Å²) in [5.74, 6) is 5.63. The molecule has 0 spiro atoms. The average molecular weight is 186 g/mol. The average Bonchev–Trinajstić information content (AvgIpc) is 2.25. The Balaban J connectivity index is 3.06. The zero-order valence-corrected chi connectivity index (χ0v) is 8.83. The number of rotatable bonds is 0. The van der Waals surface area contributed by atoms with Crippen molar-refractivity contribution in [3.05, 3.63) is 24.0 Å². The number of hydrogen-bond acceptors (Lipinski definition) is 2. The summed E-state index contributed by atoms with van der Waals surface area (Å²) in [6.45, 7) is 9.70. The Labute approximate surface area is 85.2 Å². The van der Waals surface area contributed by atoms with Crippen molar-refractivity contribution < 1.29 is 0 Å². The van der Waals surface area contributed by atoms with Gasteiger partial charge in [0.05, 0.1) is 11.4 Å². The van der Waals surface area contributed by atoms with Crippen LogP contribution in [0.25, 0.3) is 0 Å². The maximum atomic E-state index is 4.30. The fraction of sp³-hybridized carbons (Fsp3) is 0.333. The summed E-state index contributed by atoms with van der Waals surface area (Å²) in [5.41, 5.74) is 1.29. The molecule has 1 heterocycles. The SMILES string of the molecule is C=C1N=CC(C)(C)C=N/C1=C/C#CC. The Bertz CT molecular complexity index is 384. The van der Waals surface area contributed by atoms with Gasteiger partial charge in [0, 0.05) is 23.9 Å². The molecule has 0 aromatic heterocycles. The topological polar surface area (TPSA) is 24.7 Å². The summed E-state index contributed by atoms with van der Waals surface area (Å²) in [5, 5.41) is 0. The molecule has 0 saturated carbocycles. The Morgan fingerprint density at radius 3 is 2.64 bits per heavy atom. The number of nitrogens with zero attached hydrogens (tertiary/aromatic N) is 2. The molecular formula is C12H14N2. The van der Waals surface area contributed by atoms with Crippen molar-refractivity contribution in [1.82, 2.24) is 0 Å². The van der Waals surface area contributed by atoms with Crippen LogP contribution in [0.5, 0.6) is 0 Å². The predicted molar refractivity (Wildman–Crippen MR) is 61.4 cm³/mol. The van der Waals surface area contributed by atoms with Gasteiger partial charge in [0.15, 0.2) is 0 Å². The fourth-order valence-electron chi connectivity index (χ4n) is 0.915. The molecule has 1 aliphatic heterocycles. The van der Waals surface area contributed by atoms with Gasteiger partial charge in [0.1, 0.15) is 0 Å². The van der Waals surface area contributed by atoms with Crippen LogP contribution in [0.1, 0.15) is 20.8 Å². The summed E-state index contributed by atoms with van der Waals surface area (Å²) in [6.07, 6.45) is 5.44. The highest BCUT2D eigenvalue weighted by Gasteiger charge is 2.15. The van der Waals surface area contributed by atoms with Crippen LogP contribution in [0.3, 0.4) is 0 Å². The molecule has 0 N–H and O–H groups in total. The smallest absolute Gasteiger partial charge is 0.0959 e. The van der Waals surface area contributed by atoms with Gasteiger partial charge in [-0.2, -0.15) is 0 Å². The van der Waals surface area contributed by atoms with Crippen molar-refractivity contribution >= 4 is 12.4 Å². The lowest BCUT2D eigenvalue weighted by molar-refractivity contribution is 0.767. The molecule has 0 aromatic carbocycles. The lowest BCUT2D eigenvalue weighted by atomic mass is 9.98. The Kier molecular flexibility index (Phi) is 3.03. The molecule has 0 aromatic rings. The summed E-state index contributed by atoms with van der Waals surface area (Å²) < 4.78 is 0. The summed E-state index contributed by atoms with van der Waals surface area (Å²) in [7, 11) is 0. The standard InChI is InChI=1S/C12H14N2/c1-5-6-7-11-10(2)13-8-12(3,4)9-14-11/h7-9H,2H2,1,3-4H3/b11-7+. The normalized spacial score (nSPS) is 21.6. The van der Waals surface area contributed by atoms with Crippen LogP contribution in [-0.4, -0.2) is 12.4 Å². The van der Waals surface area contributed by atoms with Gasteiger partial charge in [-0.25, -0.2) is 0 Å². The highest BCUT2D eigenvalue weighted by Crippen LogP contribution is 2.19. The van der Waals surface area contributed by atoms with Gasteiger partial charge in [0.25, 0.3) is 0 Å². The van der Waals surface area contributed by atoms with Crippen molar-refractivity contribution in [3.63, 3.8) is 0 Å². The van der Waals surface area contributed by atoms with E-state index >= 15 is 0 Å². The van der Waals surface area contributed by atoms with Crippen molar-refractivity contribution in [2.24, 2.45) is 15.4 Å². The van der Waals surface area contributed by atoms with E-state index in [0.29, 0.717) is 5.70 Å². The molecule has 2 heteroatoms. The molecular weight excluding hydrogens is 172 g/mol. The second kappa shape index (κ2) is 4.06. The van der Waals surface area contributed by atoms with Gasteiger partial charge in [-0.3, -0.25) is 9.98 Å². The zero-order valence-electron chi connectivity index (χ0n) is 8.83. The molecule has 0 bridgehead atoms. The molecule has 0 atom stereocenters. The molecule has 1 aliphatic rings. The van der Waals surface area contributed by atoms with Gasteiger partial charge >= 0.3 is 0 Å². The minimum Gasteiger partial charge on any atom is -0.259 e. The molecule has 2 nitrogen and oxygen atoms in total. The van der Waals surface area contributed by atoms with E-state index in [-0.39, 0.29) is 5.41 Å².